The summed E-state index contributed by atoms with van der Waals surface area (Å²) in [4.78, 5) is 12.7. The number of amides is 2. The number of halogens is 2. The Labute approximate surface area is 222 Å². The quantitative estimate of drug-likeness (QED) is 0.342. The Morgan fingerprint density at radius 1 is 1.03 bits per heavy atom. The van der Waals surface area contributed by atoms with Crippen LogP contribution in [0.2, 0.25) is 10.0 Å². The van der Waals surface area contributed by atoms with Crippen molar-refractivity contribution in [2.24, 2.45) is 0 Å². The topological polar surface area (TPSA) is 87.3 Å². The first kappa shape index (κ1) is 26.5. The molecule has 0 radical (unpaired) electrons. The zero-order valence-electron chi connectivity index (χ0n) is 20.4. The average molecular weight is 547 g/mol. The smallest absolute Gasteiger partial charge is 0.319 e. The van der Waals surface area contributed by atoms with Gasteiger partial charge in [0.1, 0.15) is 0 Å². The van der Waals surface area contributed by atoms with E-state index in [0.717, 1.165) is 25.1 Å². The van der Waals surface area contributed by atoms with Gasteiger partial charge in [-0.25, -0.2) is 13.2 Å². The van der Waals surface area contributed by atoms with Crippen molar-refractivity contribution in [2.45, 2.75) is 49.4 Å². The standard InChI is InChI=1S/C27H29Cl2N3O3S/c1-17(23-5-4-6-24(28)25(23)29)31-26(33)32-21-9-11-22(12-10-21)36(34,35)27(2,3)20-8-7-19-16-30-14-13-18(19)15-20/h4-12,15,17,30H,13-14,16H2,1-3H3,(H2,31,32,33)/t17-/m0/s1. The monoisotopic (exact) mass is 545 g/mol. The maximum atomic E-state index is 13.6. The SMILES string of the molecule is C[C@H](NC(=O)Nc1ccc(S(=O)(=O)C(C)(C)c2ccc3c(c2)CCNC3)cc1)c1cccc(Cl)c1Cl. The number of carbonyl (C=O) groups is 1. The predicted octanol–water partition coefficient (Wildman–Crippen LogP) is 6.23. The van der Waals surface area contributed by atoms with E-state index < -0.39 is 20.6 Å². The predicted molar refractivity (Wildman–Crippen MR) is 146 cm³/mol. The lowest BCUT2D eigenvalue weighted by Gasteiger charge is -2.28. The highest BCUT2D eigenvalue weighted by molar-refractivity contribution is 7.92. The van der Waals surface area contributed by atoms with Gasteiger partial charge >= 0.3 is 6.03 Å². The van der Waals surface area contributed by atoms with Crippen LogP contribution in [-0.4, -0.2) is 21.0 Å². The summed E-state index contributed by atoms with van der Waals surface area (Å²) >= 11 is 12.3. The van der Waals surface area contributed by atoms with E-state index in [9.17, 15) is 13.2 Å². The zero-order valence-corrected chi connectivity index (χ0v) is 22.7. The maximum absolute atomic E-state index is 13.6. The van der Waals surface area contributed by atoms with Gasteiger partial charge in [-0.3, -0.25) is 0 Å². The van der Waals surface area contributed by atoms with Gasteiger partial charge < -0.3 is 16.0 Å². The molecule has 1 heterocycles. The van der Waals surface area contributed by atoms with Crippen LogP contribution in [-0.2, 0) is 27.5 Å². The molecule has 3 aromatic carbocycles. The third-order valence-corrected chi connectivity index (χ3v) is 9.98. The molecular formula is C27H29Cl2N3O3S. The summed E-state index contributed by atoms with van der Waals surface area (Å²) < 4.78 is 26.0. The molecule has 0 spiro atoms. The third-order valence-electron chi connectivity index (χ3n) is 6.68. The van der Waals surface area contributed by atoms with Gasteiger partial charge in [0, 0.05) is 12.2 Å². The lowest BCUT2D eigenvalue weighted by Crippen LogP contribution is -2.31. The Hall–Kier alpha value is -2.58. The van der Waals surface area contributed by atoms with Crippen molar-refractivity contribution in [1.29, 1.82) is 0 Å². The van der Waals surface area contributed by atoms with Crippen molar-refractivity contribution in [1.82, 2.24) is 10.6 Å². The van der Waals surface area contributed by atoms with Crippen molar-refractivity contribution in [2.75, 3.05) is 11.9 Å². The van der Waals surface area contributed by atoms with Crippen molar-refractivity contribution in [3.63, 3.8) is 0 Å². The number of hydrogen-bond donors (Lipinski definition) is 3. The number of urea groups is 1. The van der Waals surface area contributed by atoms with Gasteiger partial charge in [0.2, 0.25) is 0 Å². The van der Waals surface area contributed by atoms with Crippen LogP contribution in [0.25, 0.3) is 0 Å². The molecule has 6 nitrogen and oxygen atoms in total. The normalized spacial score (nSPS) is 14.6. The number of anilines is 1. The van der Waals surface area contributed by atoms with Crippen LogP contribution in [0.1, 0.15) is 49.1 Å². The molecule has 1 atom stereocenters. The molecule has 190 valence electrons. The summed E-state index contributed by atoms with van der Waals surface area (Å²) in [7, 11) is -3.70. The van der Waals surface area contributed by atoms with E-state index in [0.29, 0.717) is 21.3 Å². The molecule has 0 saturated heterocycles. The lowest BCUT2D eigenvalue weighted by atomic mass is 9.93. The molecule has 36 heavy (non-hydrogen) atoms. The zero-order chi connectivity index (χ0) is 26.1. The largest absolute Gasteiger partial charge is 0.331 e. The molecule has 3 N–H and O–H groups in total. The second-order valence-electron chi connectivity index (χ2n) is 9.41. The summed E-state index contributed by atoms with van der Waals surface area (Å²) in [5.41, 5.74) is 4.32. The third kappa shape index (κ3) is 5.25. The van der Waals surface area contributed by atoms with Gasteiger partial charge in [0.15, 0.2) is 9.84 Å². The minimum atomic E-state index is -3.70. The molecular weight excluding hydrogens is 517 g/mol. The molecule has 0 unspecified atom stereocenters. The summed E-state index contributed by atoms with van der Waals surface area (Å²) in [6, 6.07) is 16.5. The van der Waals surface area contributed by atoms with Crippen LogP contribution >= 0.6 is 23.2 Å². The van der Waals surface area contributed by atoms with Gasteiger partial charge in [-0.15, -0.1) is 0 Å². The second-order valence-corrected chi connectivity index (χ2v) is 12.7. The van der Waals surface area contributed by atoms with Crippen molar-refractivity contribution < 1.29 is 13.2 Å². The number of fused-ring (bicyclic) bond motifs is 1. The van der Waals surface area contributed by atoms with Gasteiger partial charge in [-0.2, -0.15) is 0 Å². The number of carbonyl (C=O) groups excluding carboxylic acids is 1. The maximum Gasteiger partial charge on any atom is 0.319 e. The molecule has 0 aliphatic carbocycles. The molecule has 0 aromatic heterocycles. The Balaban J connectivity index is 1.47. The summed E-state index contributed by atoms with van der Waals surface area (Å²) in [6.07, 6.45) is 0.879. The minimum Gasteiger partial charge on any atom is -0.331 e. The van der Waals surface area contributed by atoms with Crippen molar-refractivity contribution in [3.8, 4) is 0 Å². The van der Waals surface area contributed by atoms with Crippen LogP contribution in [0.3, 0.4) is 0 Å². The lowest BCUT2D eigenvalue weighted by molar-refractivity contribution is 0.249. The highest BCUT2D eigenvalue weighted by atomic mass is 35.5. The van der Waals surface area contributed by atoms with E-state index in [1.54, 1.807) is 51.1 Å². The van der Waals surface area contributed by atoms with Gasteiger partial charge in [-0.05, 0) is 86.3 Å². The molecule has 0 bridgehead atoms. The van der Waals surface area contributed by atoms with Crippen LogP contribution in [0.5, 0.6) is 0 Å². The number of benzene rings is 3. The van der Waals surface area contributed by atoms with Gasteiger partial charge in [-0.1, -0.05) is 53.5 Å². The minimum absolute atomic E-state index is 0.192. The second kappa shape index (κ2) is 10.4. The van der Waals surface area contributed by atoms with E-state index in [4.69, 9.17) is 23.2 Å². The summed E-state index contributed by atoms with van der Waals surface area (Å²) in [5, 5.41) is 9.68. The van der Waals surface area contributed by atoms with E-state index in [1.807, 2.05) is 18.2 Å². The Bertz CT molecular complexity index is 1390. The average Bonchev–Trinajstić information content (AvgIpc) is 2.85. The molecule has 1 aliphatic heterocycles. The fourth-order valence-corrected chi connectivity index (χ4v) is 6.31. The van der Waals surface area contributed by atoms with Crippen LogP contribution < -0.4 is 16.0 Å². The molecule has 9 heteroatoms. The molecule has 1 aliphatic rings. The molecule has 2 amide bonds. The fraction of sp³-hybridized carbons (Fsp3) is 0.296. The van der Waals surface area contributed by atoms with E-state index in [-0.39, 0.29) is 10.9 Å². The molecule has 4 rings (SSSR count). The van der Waals surface area contributed by atoms with E-state index in [1.165, 1.54) is 23.3 Å². The first-order valence-electron chi connectivity index (χ1n) is 11.7. The number of rotatable bonds is 6. The number of hydrogen-bond acceptors (Lipinski definition) is 4. The molecule has 0 fully saturated rings. The van der Waals surface area contributed by atoms with Crippen molar-refractivity contribution in [3.05, 3.63) is 93.0 Å². The van der Waals surface area contributed by atoms with E-state index >= 15 is 0 Å². The summed E-state index contributed by atoms with van der Waals surface area (Å²) in [5.74, 6) is 0. The first-order valence-corrected chi connectivity index (χ1v) is 13.9. The Morgan fingerprint density at radius 2 is 1.75 bits per heavy atom. The highest BCUT2D eigenvalue weighted by Gasteiger charge is 2.38. The molecule has 3 aromatic rings. The number of nitrogens with one attached hydrogen (secondary N) is 3. The van der Waals surface area contributed by atoms with Crippen molar-refractivity contribution >= 4 is 44.8 Å². The van der Waals surface area contributed by atoms with Crippen LogP contribution in [0, 0.1) is 0 Å². The first-order chi connectivity index (χ1) is 17.0. The van der Waals surface area contributed by atoms with E-state index in [2.05, 4.69) is 16.0 Å². The molecule has 0 saturated carbocycles. The number of sulfone groups is 1. The van der Waals surface area contributed by atoms with Crippen LogP contribution in [0.4, 0.5) is 10.5 Å². The fourth-order valence-electron chi connectivity index (χ4n) is 4.32. The van der Waals surface area contributed by atoms with Gasteiger partial charge in [0.05, 0.1) is 25.7 Å². The van der Waals surface area contributed by atoms with Gasteiger partial charge in [0.25, 0.3) is 0 Å². The van der Waals surface area contributed by atoms with Crippen LogP contribution in [0.15, 0.2) is 65.6 Å². The highest BCUT2D eigenvalue weighted by Crippen LogP contribution is 2.36. The Morgan fingerprint density at radius 3 is 2.47 bits per heavy atom. The Kier molecular flexibility index (Phi) is 7.67. The summed E-state index contributed by atoms with van der Waals surface area (Å²) in [6.45, 7) is 6.94.